The molecule has 0 spiro atoms. The summed E-state index contributed by atoms with van der Waals surface area (Å²) >= 11 is 0. The van der Waals surface area contributed by atoms with E-state index < -0.39 is 0 Å². The van der Waals surface area contributed by atoms with Crippen LogP contribution < -0.4 is 4.74 Å². The Bertz CT molecular complexity index is 536. The Morgan fingerprint density at radius 1 is 1.22 bits per heavy atom. The molecule has 0 heterocycles. The number of rotatable bonds is 8. The maximum atomic E-state index is 12.2. The number of nitrogens with zero attached hydrogens (tertiary/aromatic N) is 1. The first kappa shape index (κ1) is 18.7. The van der Waals surface area contributed by atoms with Crippen LogP contribution in [0.15, 0.2) is 30.3 Å². The van der Waals surface area contributed by atoms with Gasteiger partial charge in [-0.3, -0.25) is 9.59 Å². The van der Waals surface area contributed by atoms with Gasteiger partial charge < -0.3 is 14.4 Å². The number of methoxy groups -OCH3 is 1. The minimum atomic E-state index is -0.345. The molecule has 0 bridgehead atoms. The molecule has 1 amide bonds. The van der Waals surface area contributed by atoms with Crippen molar-refractivity contribution in [3.8, 4) is 5.75 Å². The fourth-order valence-electron chi connectivity index (χ4n) is 2.10. The third-order valence-corrected chi connectivity index (χ3v) is 3.40. The first-order valence-corrected chi connectivity index (χ1v) is 7.79. The fraction of sp³-hybridized carbons (Fsp3) is 0.444. The SMILES string of the molecule is CCOc1ccc(/C=C/C(=O)N(CC)CC(C)C(=O)OC)cc1. The number of amides is 1. The Balaban J connectivity index is 2.65. The number of benzene rings is 1. The van der Waals surface area contributed by atoms with Crippen LogP contribution in [-0.4, -0.2) is 43.6 Å². The standard InChI is InChI=1S/C18H25NO4/c1-5-19(13-14(3)18(21)22-4)17(20)12-9-15-7-10-16(11-8-15)23-6-2/h7-12,14H,5-6,13H2,1-4H3/b12-9+. The number of carbonyl (C=O) groups is 2. The summed E-state index contributed by atoms with van der Waals surface area (Å²) < 4.78 is 10.1. The highest BCUT2D eigenvalue weighted by Crippen LogP contribution is 2.13. The third kappa shape index (κ3) is 6.14. The van der Waals surface area contributed by atoms with E-state index in [4.69, 9.17) is 9.47 Å². The Kier molecular flexibility index (Phi) is 7.88. The molecule has 0 radical (unpaired) electrons. The maximum absolute atomic E-state index is 12.2. The molecule has 0 aliphatic heterocycles. The highest BCUT2D eigenvalue weighted by atomic mass is 16.5. The second-order valence-electron chi connectivity index (χ2n) is 5.14. The number of ether oxygens (including phenoxy) is 2. The van der Waals surface area contributed by atoms with Crippen molar-refractivity contribution in [3.63, 3.8) is 0 Å². The van der Waals surface area contributed by atoms with Crippen LogP contribution in [0, 0.1) is 5.92 Å². The average Bonchev–Trinajstić information content (AvgIpc) is 2.58. The molecule has 1 atom stereocenters. The van der Waals surface area contributed by atoms with Crippen LogP contribution in [0.4, 0.5) is 0 Å². The molecule has 0 fully saturated rings. The topological polar surface area (TPSA) is 55.8 Å². The van der Waals surface area contributed by atoms with Gasteiger partial charge in [0, 0.05) is 19.2 Å². The van der Waals surface area contributed by atoms with E-state index in [2.05, 4.69) is 0 Å². The molecule has 5 nitrogen and oxygen atoms in total. The van der Waals surface area contributed by atoms with E-state index >= 15 is 0 Å². The van der Waals surface area contributed by atoms with Crippen molar-refractivity contribution in [3.05, 3.63) is 35.9 Å². The molecule has 1 aromatic carbocycles. The summed E-state index contributed by atoms with van der Waals surface area (Å²) in [4.78, 5) is 25.3. The number of likely N-dealkylation sites (N-methyl/N-ethyl adjacent to an activating group) is 1. The van der Waals surface area contributed by atoms with Gasteiger partial charge >= 0.3 is 5.97 Å². The normalized spacial score (nSPS) is 12.0. The van der Waals surface area contributed by atoms with Crippen LogP contribution in [0.1, 0.15) is 26.3 Å². The van der Waals surface area contributed by atoms with Gasteiger partial charge in [0.15, 0.2) is 0 Å². The second-order valence-corrected chi connectivity index (χ2v) is 5.14. The molecule has 1 aromatic rings. The molecular weight excluding hydrogens is 294 g/mol. The van der Waals surface area contributed by atoms with Gasteiger partial charge in [0.25, 0.3) is 0 Å². The zero-order valence-electron chi connectivity index (χ0n) is 14.2. The minimum Gasteiger partial charge on any atom is -0.494 e. The van der Waals surface area contributed by atoms with Crippen LogP contribution in [-0.2, 0) is 14.3 Å². The lowest BCUT2D eigenvalue weighted by Gasteiger charge is -2.22. The van der Waals surface area contributed by atoms with Crippen molar-refractivity contribution in [2.45, 2.75) is 20.8 Å². The zero-order chi connectivity index (χ0) is 17.2. The summed E-state index contributed by atoms with van der Waals surface area (Å²) in [5, 5.41) is 0. The molecule has 0 N–H and O–H groups in total. The first-order chi connectivity index (χ1) is 11.0. The lowest BCUT2D eigenvalue weighted by molar-refractivity contribution is -0.146. The highest BCUT2D eigenvalue weighted by molar-refractivity contribution is 5.92. The summed E-state index contributed by atoms with van der Waals surface area (Å²) in [7, 11) is 1.35. The van der Waals surface area contributed by atoms with Crippen molar-refractivity contribution in [2.75, 3.05) is 26.8 Å². The molecule has 1 unspecified atom stereocenters. The van der Waals surface area contributed by atoms with E-state index in [1.807, 2.05) is 38.1 Å². The fourth-order valence-corrected chi connectivity index (χ4v) is 2.10. The van der Waals surface area contributed by atoms with Gasteiger partial charge in [0.1, 0.15) is 5.75 Å². The van der Waals surface area contributed by atoms with Gasteiger partial charge in [-0.2, -0.15) is 0 Å². The molecule has 0 aromatic heterocycles. The number of esters is 1. The molecule has 0 aliphatic rings. The van der Waals surface area contributed by atoms with E-state index in [1.54, 1.807) is 17.9 Å². The summed E-state index contributed by atoms with van der Waals surface area (Å²) in [6, 6.07) is 7.51. The third-order valence-electron chi connectivity index (χ3n) is 3.40. The quantitative estimate of drug-likeness (QED) is 0.546. The maximum Gasteiger partial charge on any atom is 0.310 e. The van der Waals surface area contributed by atoms with Crippen LogP contribution in [0.3, 0.4) is 0 Å². The van der Waals surface area contributed by atoms with Crippen molar-refractivity contribution in [1.29, 1.82) is 0 Å². The highest BCUT2D eigenvalue weighted by Gasteiger charge is 2.18. The molecule has 126 valence electrons. The van der Waals surface area contributed by atoms with Crippen LogP contribution >= 0.6 is 0 Å². The van der Waals surface area contributed by atoms with Crippen molar-refractivity contribution in [2.24, 2.45) is 5.92 Å². The monoisotopic (exact) mass is 319 g/mol. The van der Waals surface area contributed by atoms with Gasteiger partial charge in [0.05, 0.1) is 19.6 Å². The van der Waals surface area contributed by atoms with Crippen molar-refractivity contribution >= 4 is 18.0 Å². The smallest absolute Gasteiger partial charge is 0.310 e. The molecule has 0 aliphatic carbocycles. The van der Waals surface area contributed by atoms with Crippen molar-refractivity contribution in [1.82, 2.24) is 4.90 Å². The Labute approximate surface area is 137 Å². The van der Waals surface area contributed by atoms with Gasteiger partial charge in [-0.1, -0.05) is 19.1 Å². The molecule has 0 saturated carbocycles. The van der Waals surface area contributed by atoms with Gasteiger partial charge in [-0.25, -0.2) is 0 Å². The average molecular weight is 319 g/mol. The molecule has 1 rings (SSSR count). The van der Waals surface area contributed by atoms with E-state index in [1.165, 1.54) is 13.2 Å². The molecule has 5 heteroatoms. The predicted molar refractivity (Wildman–Crippen MR) is 90.1 cm³/mol. The molecule has 23 heavy (non-hydrogen) atoms. The first-order valence-electron chi connectivity index (χ1n) is 7.79. The predicted octanol–water partition coefficient (Wildman–Crippen LogP) is 2.76. The van der Waals surface area contributed by atoms with Crippen LogP contribution in [0.5, 0.6) is 5.75 Å². The van der Waals surface area contributed by atoms with E-state index in [-0.39, 0.29) is 17.8 Å². The summed E-state index contributed by atoms with van der Waals surface area (Å²) in [5.74, 6) is 0.0183. The zero-order valence-corrected chi connectivity index (χ0v) is 14.2. The van der Waals surface area contributed by atoms with Gasteiger partial charge in [-0.05, 0) is 37.6 Å². The summed E-state index contributed by atoms with van der Waals surface area (Å²) in [6.45, 7) is 7.06. The lowest BCUT2D eigenvalue weighted by atomic mass is 10.1. The Morgan fingerprint density at radius 3 is 2.39 bits per heavy atom. The number of carbonyl (C=O) groups excluding carboxylic acids is 2. The number of hydrogen-bond donors (Lipinski definition) is 0. The summed E-state index contributed by atoms with van der Waals surface area (Å²) in [6.07, 6.45) is 3.27. The molecule has 0 saturated heterocycles. The van der Waals surface area contributed by atoms with Gasteiger partial charge in [0.2, 0.25) is 5.91 Å². The van der Waals surface area contributed by atoms with E-state index in [0.717, 1.165) is 11.3 Å². The van der Waals surface area contributed by atoms with E-state index in [0.29, 0.717) is 19.7 Å². The number of hydrogen-bond acceptors (Lipinski definition) is 4. The van der Waals surface area contributed by atoms with Crippen LogP contribution in [0.2, 0.25) is 0 Å². The Hall–Kier alpha value is -2.30. The van der Waals surface area contributed by atoms with E-state index in [9.17, 15) is 9.59 Å². The lowest BCUT2D eigenvalue weighted by Crippen LogP contribution is -2.36. The largest absolute Gasteiger partial charge is 0.494 e. The van der Waals surface area contributed by atoms with Crippen LogP contribution in [0.25, 0.3) is 6.08 Å². The second kappa shape index (κ2) is 9.66. The van der Waals surface area contributed by atoms with Crippen molar-refractivity contribution < 1.29 is 19.1 Å². The summed E-state index contributed by atoms with van der Waals surface area (Å²) in [5.41, 5.74) is 0.916. The molecular formula is C18H25NO4. The Morgan fingerprint density at radius 2 is 1.87 bits per heavy atom. The van der Waals surface area contributed by atoms with Gasteiger partial charge in [-0.15, -0.1) is 0 Å². The minimum absolute atomic E-state index is 0.128.